The van der Waals surface area contributed by atoms with Crippen LogP contribution in [0.25, 0.3) is 0 Å². The summed E-state index contributed by atoms with van der Waals surface area (Å²) in [7, 11) is 2.26. The molecule has 2 saturated heterocycles. The van der Waals surface area contributed by atoms with Gasteiger partial charge >= 0.3 is 0 Å². The van der Waals surface area contributed by atoms with Crippen molar-refractivity contribution in [1.29, 1.82) is 0 Å². The van der Waals surface area contributed by atoms with Gasteiger partial charge < -0.3 is 10.6 Å². The molecule has 5 heteroatoms. The van der Waals surface area contributed by atoms with Crippen LogP contribution in [-0.4, -0.2) is 53.6 Å². The summed E-state index contributed by atoms with van der Waals surface area (Å²) in [5, 5.41) is 0. The van der Waals surface area contributed by atoms with Crippen LogP contribution in [0.15, 0.2) is 12.4 Å². The first kappa shape index (κ1) is 12.8. The fourth-order valence-corrected chi connectivity index (χ4v) is 3.30. The minimum Gasteiger partial charge on any atom is -0.339 e. The summed E-state index contributed by atoms with van der Waals surface area (Å²) in [5.74, 6) is 0.877. The lowest BCUT2D eigenvalue weighted by molar-refractivity contribution is 0.254. The highest BCUT2D eigenvalue weighted by atomic mass is 15.3. The summed E-state index contributed by atoms with van der Waals surface area (Å²) < 4.78 is 0. The van der Waals surface area contributed by atoms with Crippen molar-refractivity contribution in [1.82, 2.24) is 14.9 Å². The molecular weight excluding hydrogens is 238 g/mol. The van der Waals surface area contributed by atoms with Gasteiger partial charge in [-0.15, -0.1) is 0 Å². The summed E-state index contributed by atoms with van der Waals surface area (Å²) in [5.41, 5.74) is 6.67. The second-order valence-corrected chi connectivity index (χ2v) is 5.72. The van der Waals surface area contributed by atoms with E-state index in [0.717, 1.165) is 37.1 Å². The van der Waals surface area contributed by atoms with E-state index in [2.05, 4.69) is 26.8 Å². The van der Waals surface area contributed by atoms with E-state index >= 15 is 0 Å². The largest absolute Gasteiger partial charge is 0.339 e. The van der Waals surface area contributed by atoms with Gasteiger partial charge in [-0.05, 0) is 44.8 Å². The number of aromatic nitrogens is 2. The Morgan fingerprint density at radius 3 is 2.68 bits per heavy atom. The van der Waals surface area contributed by atoms with Crippen LogP contribution in [0.3, 0.4) is 0 Å². The number of nitrogens with zero attached hydrogens (tertiary/aromatic N) is 4. The maximum absolute atomic E-state index is 5.55. The normalized spacial score (nSPS) is 27.6. The van der Waals surface area contributed by atoms with E-state index < -0.39 is 0 Å². The number of hydrogen-bond acceptors (Lipinski definition) is 5. The predicted octanol–water partition coefficient (Wildman–Crippen LogP) is 0.651. The van der Waals surface area contributed by atoms with Crippen molar-refractivity contribution >= 4 is 5.95 Å². The van der Waals surface area contributed by atoms with Gasteiger partial charge in [-0.1, -0.05) is 0 Å². The van der Waals surface area contributed by atoms with E-state index in [9.17, 15) is 0 Å². The van der Waals surface area contributed by atoms with Crippen LogP contribution < -0.4 is 10.6 Å². The molecular formula is C14H23N5. The second-order valence-electron chi connectivity index (χ2n) is 5.72. The summed E-state index contributed by atoms with van der Waals surface area (Å²) >= 11 is 0. The van der Waals surface area contributed by atoms with Gasteiger partial charge in [0, 0.05) is 37.6 Å². The molecule has 2 unspecified atom stereocenters. The first-order valence-electron chi connectivity index (χ1n) is 7.26. The molecule has 0 amide bonds. The fourth-order valence-electron chi connectivity index (χ4n) is 3.30. The van der Waals surface area contributed by atoms with Crippen molar-refractivity contribution in [3.05, 3.63) is 18.0 Å². The molecule has 5 nitrogen and oxygen atoms in total. The Morgan fingerprint density at radius 1 is 1.21 bits per heavy atom. The molecule has 2 aliphatic heterocycles. The van der Waals surface area contributed by atoms with Gasteiger partial charge in [0.05, 0.1) is 0 Å². The highest BCUT2D eigenvalue weighted by Crippen LogP contribution is 2.29. The maximum atomic E-state index is 5.55. The molecule has 2 bridgehead atoms. The van der Waals surface area contributed by atoms with E-state index in [1.165, 1.54) is 19.3 Å². The Hall–Kier alpha value is -1.20. The third kappa shape index (κ3) is 2.58. The Kier molecular flexibility index (Phi) is 3.66. The van der Waals surface area contributed by atoms with Gasteiger partial charge in [0.1, 0.15) is 0 Å². The molecule has 0 aliphatic carbocycles. The number of likely N-dealkylation sites (N-methyl/N-ethyl adjacent to an activating group) is 1. The lowest BCUT2D eigenvalue weighted by atomic mass is 10.1. The fraction of sp³-hybridized carbons (Fsp3) is 0.714. The van der Waals surface area contributed by atoms with Gasteiger partial charge in [0.15, 0.2) is 0 Å². The lowest BCUT2D eigenvalue weighted by Crippen LogP contribution is -2.37. The molecule has 0 spiro atoms. The summed E-state index contributed by atoms with van der Waals surface area (Å²) in [6, 6.07) is 1.42. The van der Waals surface area contributed by atoms with Gasteiger partial charge in [-0.3, -0.25) is 4.90 Å². The average molecular weight is 261 g/mol. The van der Waals surface area contributed by atoms with Crippen LogP contribution >= 0.6 is 0 Å². The molecule has 3 heterocycles. The van der Waals surface area contributed by atoms with E-state index in [1.54, 1.807) is 0 Å². The van der Waals surface area contributed by atoms with Gasteiger partial charge in [0.25, 0.3) is 0 Å². The van der Waals surface area contributed by atoms with Crippen molar-refractivity contribution in [2.75, 3.05) is 31.6 Å². The molecule has 104 valence electrons. The van der Waals surface area contributed by atoms with Crippen LogP contribution in [-0.2, 0) is 6.42 Å². The number of hydrogen-bond donors (Lipinski definition) is 1. The number of rotatable bonds is 3. The predicted molar refractivity (Wildman–Crippen MR) is 76.2 cm³/mol. The van der Waals surface area contributed by atoms with Crippen molar-refractivity contribution in [2.45, 2.75) is 37.8 Å². The van der Waals surface area contributed by atoms with Crippen LogP contribution in [0.4, 0.5) is 5.95 Å². The third-order valence-corrected chi connectivity index (χ3v) is 4.56. The van der Waals surface area contributed by atoms with E-state index in [0.29, 0.717) is 12.6 Å². The van der Waals surface area contributed by atoms with Crippen LogP contribution in [0.2, 0.25) is 0 Å². The van der Waals surface area contributed by atoms with Crippen molar-refractivity contribution < 1.29 is 0 Å². The molecule has 3 rings (SSSR count). The zero-order valence-corrected chi connectivity index (χ0v) is 11.6. The van der Waals surface area contributed by atoms with E-state index in [-0.39, 0.29) is 0 Å². The monoisotopic (exact) mass is 261 g/mol. The first-order valence-corrected chi connectivity index (χ1v) is 7.26. The number of anilines is 1. The molecule has 0 aromatic carbocycles. The van der Waals surface area contributed by atoms with Crippen molar-refractivity contribution in [3.8, 4) is 0 Å². The third-order valence-electron chi connectivity index (χ3n) is 4.56. The number of nitrogens with two attached hydrogens (primary N) is 1. The quantitative estimate of drug-likeness (QED) is 0.866. The molecule has 0 radical (unpaired) electrons. The van der Waals surface area contributed by atoms with E-state index in [1.807, 2.05) is 12.4 Å². The topological polar surface area (TPSA) is 58.3 Å². The molecule has 2 N–H and O–H groups in total. The van der Waals surface area contributed by atoms with Crippen molar-refractivity contribution in [3.63, 3.8) is 0 Å². The van der Waals surface area contributed by atoms with Gasteiger partial charge in [-0.2, -0.15) is 0 Å². The molecule has 1 aromatic rings. The minimum absolute atomic E-state index is 0.654. The standard InChI is InChI=1S/C14H23N5/c1-18-12-2-3-13(18)10-19(7-5-12)14-16-8-11(4-6-15)9-17-14/h8-9,12-13H,2-7,10,15H2,1H3. The SMILES string of the molecule is CN1C2CCC1CN(c1ncc(CCN)cn1)CC2. The molecule has 19 heavy (non-hydrogen) atoms. The molecule has 2 atom stereocenters. The summed E-state index contributed by atoms with van der Waals surface area (Å²) in [6.45, 7) is 2.78. The van der Waals surface area contributed by atoms with E-state index in [4.69, 9.17) is 5.73 Å². The Labute approximate surface area is 114 Å². The smallest absolute Gasteiger partial charge is 0.225 e. The zero-order chi connectivity index (χ0) is 13.2. The highest BCUT2D eigenvalue weighted by molar-refractivity contribution is 5.31. The molecule has 1 aromatic heterocycles. The highest BCUT2D eigenvalue weighted by Gasteiger charge is 2.35. The zero-order valence-electron chi connectivity index (χ0n) is 11.6. The number of fused-ring (bicyclic) bond motifs is 2. The van der Waals surface area contributed by atoms with Crippen LogP contribution in [0.1, 0.15) is 24.8 Å². The Balaban J connectivity index is 1.71. The second kappa shape index (κ2) is 5.43. The minimum atomic E-state index is 0.654. The Bertz CT molecular complexity index is 418. The molecule has 2 fully saturated rings. The summed E-state index contributed by atoms with van der Waals surface area (Å²) in [4.78, 5) is 13.9. The average Bonchev–Trinajstić information content (AvgIpc) is 2.65. The maximum Gasteiger partial charge on any atom is 0.225 e. The molecule has 0 saturated carbocycles. The molecule has 2 aliphatic rings. The van der Waals surface area contributed by atoms with Crippen LogP contribution in [0, 0.1) is 0 Å². The van der Waals surface area contributed by atoms with Crippen LogP contribution in [0.5, 0.6) is 0 Å². The summed E-state index contributed by atoms with van der Waals surface area (Å²) in [6.07, 6.45) is 8.58. The Morgan fingerprint density at radius 2 is 1.95 bits per heavy atom. The lowest BCUT2D eigenvalue weighted by Gasteiger charge is -2.25. The van der Waals surface area contributed by atoms with Gasteiger partial charge in [0.2, 0.25) is 5.95 Å². The van der Waals surface area contributed by atoms with Crippen molar-refractivity contribution in [2.24, 2.45) is 5.73 Å². The van der Waals surface area contributed by atoms with Gasteiger partial charge in [-0.25, -0.2) is 9.97 Å². The first-order chi connectivity index (χ1) is 9.28.